The molecule has 6 rings (SSSR count). The number of Topliss-reactive ketones (excluding diaryl/α,β-unsaturated/α-hetero) is 1. The molecule has 6 unspecified atom stereocenters. The molecular weight excluding hydrogens is 803 g/mol. The lowest BCUT2D eigenvalue weighted by molar-refractivity contribution is -0.141. The number of nitrogens with zero attached hydrogens (tertiary/aromatic N) is 2. The normalized spacial score (nSPS) is 17.9. The number of carbonyl (C=O) groups excluding carboxylic acids is 6. The number of likely N-dealkylation sites (tertiary alicyclic amines) is 2. The first-order chi connectivity index (χ1) is 30.4. The average molecular weight is 860 g/mol. The number of primary amides is 1. The van der Waals surface area contributed by atoms with Gasteiger partial charge in [0.1, 0.15) is 29.6 Å². The first-order valence-corrected chi connectivity index (χ1v) is 21.5. The van der Waals surface area contributed by atoms with Crippen LogP contribution in [0.4, 0.5) is 0 Å². The Balaban J connectivity index is 1.12. The number of nitrogens with two attached hydrogens (primary N) is 2. The van der Waals surface area contributed by atoms with Crippen molar-refractivity contribution in [2.24, 2.45) is 11.5 Å². The van der Waals surface area contributed by atoms with E-state index in [1.807, 2.05) is 60.7 Å². The van der Waals surface area contributed by atoms with Gasteiger partial charge >= 0.3 is 0 Å². The van der Waals surface area contributed by atoms with Gasteiger partial charge in [0.05, 0.1) is 18.1 Å². The molecule has 4 aromatic rings. The second-order valence-electron chi connectivity index (χ2n) is 16.4. The highest BCUT2D eigenvalue weighted by atomic mass is 16.3. The standard InChI is InChI=1S/C48H57N7O8/c49-37(27-33-15-19-35(56)20-16-33)47(62)54-25-7-13-41(54)45(60)52-38(28-31-9-3-1-4-10-31)43(58)23-24-51-40(30-34-17-21-36(57)22-18-34)48(63)55-26-8-14-42(55)46(61)53-39(44(50)59)29-32-11-5-2-6-12-32/h1-6,9-12,15-22,37-42,51,56-57H,7-8,13-14,23-30,49H2,(H2,50,59)(H,52,60)(H,53,61). The van der Waals surface area contributed by atoms with Crippen molar-refractivity contribution in [2.45, 2.75) is 94.0 Å². The molecule has 0 aromatic heterocycles. The second kappa shape index (κ2) is 22.0. The summed E-state index contributed by atoms with van der Waals surface area (Å²) in [5, 5.41) is 28.5. The van der Waals surface area contributed by atoms with Gasteiger partial charge in [-0.1, -0.05) is 84.9 Å². The molecule has 63 heavy (non-hydrogen) atoms. The minimum atomic E-state index is -0.981. The van der Waals surface area contributed by atoms with Crippen molar-refractivity contribution in [1.82, 2.24) is 25.8 Å². The molecule has 6 atom stereocenters. The van der Waals surface area contributed by atoms with Gasteiger partial charge in [0.15, 0.2) is 5.78 Å². The van der Waals surface area contributed by atoms with Crippen LogP contribution in [-0.4, -0.2) is 111 Å². The quantitative estimate of drug-likeness (QED) is 0.0683. The van der Waals surface area contributed by atoms with Crippen molar-refractivity contribution >= 4 is 35.3 Å². The number of carbonyl (C=O) groups is 6. The van der Waals surface area contributed by atoms with Crippen LogP contribution in [0.3, 0.4) is 0 Å². The van der Waals surface area contributed by atoms with Crippen LogP contribution in [0, 0.1) is 0 Å². The van der Waals surface area contributed by atoms with E-state index in [0.29, 0.717) is 38.8 Å². The largest absolute Gasteiger partial charge is 0.508 e. The molecule has 4 aromatic carbocycles. The molecule has 2 fully saturated rings. The molecule has 0 spiro atoms. The lowest BCUT2D eigenvalue weighted by atomic mass is 9.99. The molecule has 2 aliphatic rings. The second-order valence-corrected chi connectivity index (χ2v) is 16.4. The summed E-state index contributed by atoms with van der Waals surface area (Å²) >= 11 is 0. The molecule has 332 valence electrons. The maximum absolute atomic E-state index is 14.4. The molecule has 0 saturated carbocycles. The summed E-state index contributed by atoms with van der Waals surface area (Å²) in [6.45, 7) is 0.702. The van der Waals surface area contributed by atoms with Gasteiger partial charge in [-0.25, -0.2) is 0 Å². The lowest BCUT2D eigenvalue weighted by Crippen LogP contribution is -2.56. The fourth-order valence-electron chi connectivity index (χ4n) is 8.35. The number of hydrogen-bond donors (Lipinski definition) is 7. The van der Waals surface area contributed by atoms with Gasteiger partial charge < -0.3 is 47.4 Å². The van der Waals surface area contributed by atoms with Crippen molar-refractivity contribution in [3.05, 3.63) is 131 Å². The number of benzene rings is 4. The summed E-state index contributed by atoms with van der Waals surface area (Å²) in [6, 6.07) is 25.9. The number of phenolic OH excluding ortho intramolecular Hbond substituents is 2. The predicted octanol–water partition coefficient (Wildman–Crippen LogP) is 2.05. The number of rotatable bonds is 20. The molecule has 15 heteroatoms. The fourth-order valence-corrected chi connectivity index (χ4v) is 8.35. The van der Waals surface area contributed by atoms with E-state index in [9.17, 15) is 39.0 Å². The Bertz CT molecular complexity index is 2190. The number of hydrogen-bond acceptors (Lipinski definition) is 10. The molecule has 2 heterocycles. The average Bonchev–Trinajstić information content (AvgIpc) is 3.99. The summed E-state index contributed by atoms with van der Waals surface area (Å²) < 4.78 is 0. The first kappa shape index (κ1) is 45.9. The zero-order valence-electron chi connectivity index (χ0n) is 35.2. The highest BCUT2D eigenvalue weighted by Crippen LogP contribution is 2.23. The summed E-state index contributed by atoms with van der Waals surface area (Å²) in [5.74, 6) is -2.51. The monoisotopic (exact) mass is 859 g/mol. The number of amides is 5. The Labute approximate surface area is 367 Å². The fraction of sp³-hybridized carbons (Fsp3) is 0.375. The van der Waals surface area contributed by atoms with Crippen LogP contribution in [-0.2, 0) is 54.5 Å². The van der Waals surface area contributed by atoms with Gasteiger partial charge in [0.2, 0.25) is 29.5 Å². The van der Waals surface area contributed by atoms with Crippen molar-refractivity contribution in [3.63, 3.8) is 0 Å². The molecule has 0 bridgehead atoms. The minimum absolute atomic E-state index is 0.0557. The molecular formula is C48H57N7O8. The Morgan fingerprint density at radius 2 is 1.00 bits per heavy atom. The zero-order valence-corrected chi connectivity index (χ0v) is 35.2. The Morgan fingerprint density at radius 1 is 0.571 bits per heavy atom. The summed E-state index contributed by atoms with van der Waals surface area (Å²) in [4.78, 5) is 85.1. The van der Waals surface area contributed by atoms with E-state index in [4.69, 9.17) is 11.5 Å². The van der Waals surface area contributed by atoms with E-state index in [2.05, 4.69) is 16.0 Å². The lowest BCUT2D eigenvalue weighted by Gasteiger charge is -2.30. The zero-order chi connectivity index (χ0) is 44.9. The van der Waals surface area contributed by atoms with Crippen LogP contribution in [0.1, 0.15) is 54.4 Å². The van der Waals surface area contributed by atoms with E-state index in [1.54, 1.807) is 24.3 Å². The Kier molecular flexibility index (Phi) is 16.0. The minimum Gasteiger partial charge on any atom is -0.508 e. The van der Waals surface area contributed by atoms with Crippen LogP contribution in [0.5, 0.6) is 11.5 Å². The van der Waals surface area contributed by atoms with E-state index in [1.165, 1.54) is 34.1 Å². The highest BCUT2D eigenvalue weighted by Gasteiger charge is 2.40. The number of aromatic hydroxyl groups is 2. The van der Waals surface area contributed by atoms with Gasteiger partial charge in [-0.15, -0.1) is 0 Å². The topological polar surface area (TPSA) is 237 Å². The number of nitrogens with one attached hydrogen (secondary N) is 3. The molecule has 0 aliphatic carbocycles. The van der Waals surface area contributed by atoms with Crippen LogP contribution < -0.4 is 27.4 Å². The third-order valence-electron chi connectivity index (χ3n) is 11.8. The van der Waals surface area contributed by atoms with Crippen LogP contribution in [0.2, 0.25) is 0 Å². The van der Waals surface area contributed by atoms with Crippen LogP contribution in [0.15, 0.2) is 109 Å². The third-order valence-corrected chi connectivity index (χ3v) is 11.8. The van der Waals surface area contributed by atoms with Gasteiger partial charge in [-0.05, 0) is 91.5 Å². The van der Waals surface area contributed by atoms with Gasteiger partial charge in [-0.2, -0.15) is 0 Å². The van der Waals surface area contributed by atoms with Crippen molar-refractivity contribution in [3.8, 4) is 11.5 Å². The van der Waals surface area contributed by atoms with E-state index >= 15 is 0 Å². The summed E-state index contributed by atoms with van der Waals surface area (Å²) in [5.41, 5.74) is 15.2. The van der Waals surface area contributed by atoms with Gasteiger partial charge in [-0.3, -0.25) is 28.8 Å². The van der Waals surface area contributed by atoms with E-state index in [0.717, 1.165) is 22.3 Å². The Morgan fingerprint density at radius 3 is 1.51 bits per heavy atom. The molecule has 15 nitrogen and oxygen atoms in total. The SMILES string of the molecule is NC(=O)C(Cc1ccccc1)NC(=O)C1CCCN1C(=O)C(Cc1ccc(O)cc1)NCCC(=O)C(Cc1ccccc1)NC(=O)C1CCCN1C(=O)C(N)Cc1ccc(O)cc1. The Hall–Kier alpha value is -6.58. The van der Waals surface area contributed by atoms with E-state index in [-0.39, 0.29) is 67.7 Å². The molecule has 2 aliphatic heterocycles. The van der Waals surface area contributed by atoms with Gasteiger partial charge in [0.25, 0.3) is 0 Å². The number of ketones is 1. The molecule has 0 radical (unpaired) electrons. The van der Waals surface area contributed by atoms with Crippen LogP contribution >= 0.6 is 0 Å². The molecule has 2 saturated heterocycles. The summed E-state index contributed by atoms with van der Waals surface area (Å²) in [7, 11) is 0. The molecule has 5 amide bonds. The van der Waals surface area contributed by atoms with Gasteiger partial charge in [0, 0.05) is 32.5 Å². The van der Waals surface area contributed by atoms with Crippen molar-refractivity contribution < 1.29 is 39.0 Å². The molecule has 9 N–H and O–H groups in total. The first-order valence-electron chi connectivity index (χ1n) is 21.5. The summed E-state index contributed by atoms with van der Waals surface area (Å²) in [6.07, 6.45) is 2.67. The van der Waals surface area contributed by atoms with Crippen molar-refractivity contribution in [2.75, 3.05) is 19.6 Å². The predicted molar refractivity (Wildman–Crippen MR) is 236 cm³/mol. The van der Waals surface area contributed by atoms with Crippen LogP contribution in [0.25, 0.3) is 0 Å². The third kappa shape index (κ3) is 12.7. The highest BCUT2D eigenvalue weighted by molar-refractivity contribution is 5.95. The van der Waals surface area contributed by atoms with E-state index < -0.39 is 54.0 Å². The maximum atomic E-state index is 14.4. The smallest absolute Gasteiger partial charge is 0.243 e. The maximum Gasteiger partial charge on any atom is 0.243 e. The van der Waals surface area contributed by atoms with Crippen molar-refractivity contribution in [1.29, 1.82) is 0 Å². The number of phenols is 2.